The molecule has 2 N–H and O–H groups in total. The van der Waals surface area contributed by atoms with Gasteiger partial charge in [0, 0.05) is 25.2 Å². The van der Waals surface area contributed by atoms with Gasteiger partial charge in [-0.1, -0.05) is 5.16 Å². The molecule has 2 heterocycles. The van der Waals surface area contributed by atoms with Crippen molar-refractivity contribution in [3.8, 4) is 0 Å². The lowest BCUT2D eigenvalue weighted by atomic mass is 10.2. The second-order valence-electron chi connectivity index (χ2n) is 4.48. The fraction of sp³-hybridized carbons (Fsp3) is 0.667. The third-order valence-corrected chi connectivity index (χ3v) is 3.06. The van der Waals surface area contributed by atoms with Crippen molar-refractivity contribution in [1.29, 1.82) is 0 Å². The molecule has 1 aromatic rings. The SMILES string of the molecule is Cc1noc(C)c1CNC(=O)CC1CNCCO1.Cl. The van der Waals surface area contributed by atoms with Crippen LogP contribution in [0.5, 0.6) is 0 Å². The quantitative estimate of drug-likeness (QED) is 0.854. The van der Waals surface area contributed by atoms with Gasteiger partial charge in [0.05, 0.1) is 24.8 Å². The van der Waals surface area contributed by atoms with E-state index >= 15 is 0 Å². The summed E-state index contributed by atoms with van der Waals surface area (Å²) < 4.78 is 10.5. The molecular weight excluding hydrogens is 270 g/mol. The van der Waals surface area contributed by atoms with Crippen LogP contribution in [0.4, 0.5) is 0 Å². The molecule has 1 atom stereocenters. The van der Waals surface area contributed by atoms with Crippen molar-refractivity contribution in [2.24, 2.45) is 0 Å². The molecule has 1 aromatic heterocycles. The first-order valence-corrected chi connectivity index (χ1v) is 6.17. The van der Waals surface area contributed by atoms with Gasteiger partial charge in [-0.15, -0.1) is 12.4 Å². The zero-order valence-electron chi connectivity index (χ0n) is 11.2. The van der Waals surface area contributed by atoms with Crippen molar-refractivity contribution in [3.05, 3.63) is 17.0 Å². The first-order chi connectivity index (χ1) is 8.66. The van der Waals surface area contributed by atoms with E-state index < -0.39 is 0 Å². The van der Waals surface area contributed by atoms with E-state index in [-0.39, 0.29) is 24.4 Å². The Morgan fingerprint density at radius 2 is 2.32 bits per heavy atom. The van der Waals surface area contributed by atoms with E-state index in [0.29, 0.717) is 19.6 Å². The van der Waals surface area contributed by atoms with Gasteiger partial charge in [0.25, 0.3) is 0 Å². The number of aryl methyl sites for hydroxylation is 2. The minimum absolute atomic E-state index is 0. The third-order valence-electron chi connectivity index (χ3n) is 3.06. The molecule has 19 heavy (non-hydrogen) atoms. The average Bonchev–Trinajstić information content (AvgIpc) is 2.68. The van der Waals surface area contributed by atoms with Crippen molar-refractivity contribution < 1.29 is 14.1 Å². The topological polar surface area (TPSA) is 76.4 Å². The molecule has 108 valence electrons. The Kier molecular flexibility index (Phi) is 6.27. The van der Waals surface area contributed by atoms with E-state index in [0.717, 1.165) is 30.1 Å². The number of nitrogens with zero attached hydrogens (tertiary/aromatic N) is 1. The number of ether oxygens (including phenoxy) is 1. The Morgan fingerprint density at radius 1 is 1.53 bits per heavy atom. The minimum atomic E-state index is -0.0246. The van der Waals surface area contributed by atoms with Crippen molar-refractivity contribution in [3.63, 3.8) is 0 Å². The van der Waals surface area contributed by atoms with Gasteiger partial charge >= 0.3 is 0 Å². The molecule has 2 rings (SSSR count). The van der Waals surface area contributed by atoms with Crippen LogP contribution in [-0.2, 0) is 16.1 Å². The second-order valence-corrected chi connectivity index (χ2v) is 4.48. The predicted molar refractivity (Wildman–Crippen MR) is 72.3 cm³/mol. The van der Waals surface area contributed by atoms with Crippen LogP contribution >= 0.6 is 12.4 Å². The summed E-state index contributed by atoms with van der Waals surface area (Å²) in [5.41, 5.74) is 1.77. The Hall–Kier alpha value is -1.11. The molecule has 6 nitrogen and oxygen atoms in total. The molecular formula is C12H20ClN3O3. The Labute approximate surface area is 118 Å². The number of carbonyl (C=O) groups excluding carboxylic acids is 1. The summed E-state index contributed by atoms with van der Waals surface area (Å²) in [5.74, 6) is 0.743. The summed E-state index contributed by atoms with van der Waals surface area (Å²) in [6.07, 6.45) is 0.361. The van der Waals surface area contributed by atoms with Crippen LogP contribution in [-0.4, -0.2) is 36.9 Å². The van der Waals surface area contributed by atoms with Crippen molar-refractivity contribution in [2.75, 3.05) is 19.7 Å². The molecule has 1 fully saturated rings. The van der Waals surface area contributed by atoms with Gasteiger partial charge < -0.3 is 19.9 Å². The smallest absolute Gasteiger partial charge is 0.222 e. The van der Waals surface area contributed by atoms with Crippen LogP contribution in [0.2, 0.25) is 0 Å². The molecule has 0 radical (unpaired) electrons. The average molecular weight is 290 g/mol. The van der Waals surface area contributed by atoms with E-state index in [9.17, 15) is 4.79 Å². The fourth-order valence-electron chi connectivity index (χ4n) is 1.97. The maximum absolute atomic E-state index is 11.8. The molecule has 0 aliphatic carbocycles. The molecule has 1 aliphatic heterocycles. The summed E-state index contributed by atoms with van der Waals surface area (Å²) in [6.45, 7) is 6.43. The zero-order chi connectivity index (χ0) is 13.0. The lowest BCUT2D eigenvalue weighted by molar-refractivity contribution is -0.124. The number of rotatable bonds is 4. The number of amides is 1. The van der Waals surface area contributed by atoms with E-state index in [2.05, 4.69) is 15.8 Å². The highest BCUT2D eigenvalue weighted by atomic mass is 35.5. The van der Waals surface area contributed by atoms with Crippen LogP contribution in [0.25, 0.3) is 0 Å². The summed E-state index contributed by atoms with van der Waals surface area (Å²) in [7, 11) is 0. The van der Waals surface area contributed by atoms with Gasteiger partial charge in [0.1, 0.15) is 5.76 Å². The van der Waals surface area contributed by atoms with Gasteiger partial charge in [0.2, 0.25) is 5.91 Å². The van der Waals surface area contributed by atoms with Crippen LogP contribution < -0.4 is 10.6 Å². The largest absolute Gasteiger partial charge is 0.375 e. The summed E-state index contributed by atoms with van der Waals surface area (Å²) in [6, 6.07) is 0. The standard InChI is InChI=1S/C12H19N3O3.ClH/c1-8-11(9(2)18-15-8)7-14-12(16)5-10-6-13-3-4-17-10;/h10,13H,3-7H2,1-2H3,(H,14,16);1H. The normalized spacial score (nSPS) is 18.7. The lowest BCUT2D eigenvalue weighted by Crippen LogP contribution is -2.41. The minimum Gasteiger partial charge on any atom is -0.375 e. The van der Waals surface area contributed by atoms with Crippen molar-refractivity contribution in [2.45, 2.75) is 32.9 Å². The van der Waals surface area contributed by atoms with E-state index in [1.807, 2.05) is 13.8 Å². The Bertz CT molecular complexity index is 397. The maximum Gasteiger partial charge on any atom is 0.222 e. The summed E-state index contributed by atoms with van der Waals surface area (Å²) in [4.78, 5) is 11.8. The highest BCUT2D eigenvalue weighted by molar-refractivity contribution is 5.85. The first-order valence-electron chi connectivity index (χ1n) is 6.17. The maximum atomic E-state index is 11.8. The number of nitrogens with one attached hydrogen (secondary N) is 2. The number of hydrogen-bond acceptors (Lipinski definition) is 5. The molecule has 1 aliphatic rings. The molecule has 1 unspecified atom stereocenters. The van der Waals surface area contributed by atoms with Crippen molar-refractivity contribution >= 4 is 18.3 Å². The highest BCUT2D eigenvalue weighted by Crippen LogP contribution is 2.11. The Morgan fingerprint density at radius 3 is 2.89 bits per heavy atom. The number of halogens is 1. The molecule has 0 saturated carbocycles. The van der Waals surface area contributed by atoms with E-state index in [1.165, 1.54) is 0 Å². The van der Waals surface area contributed by atoms with Crippen LogP contribution in [0, 0.1) is 13.8 Å². The van der Waals surface area contributed by atoms with Gasteiger partial charge in [-0.3, -0.25) is 4.79 Å². The van der Waals surface area contributed by atoms with Crippen LogP contribution in [0.3, 0.4) is 0 Å². The number of hydrogen-bond donors (Lipinski definition) is 2. The van der Waals surface area contributed by atoms with Gasteiger partial charge in [0.15, 0.2) is 0 Å². The lowest BCUT2D eigenvalue weighted by Gasteiger charge is -2.23. The highest BCUT2D eigenvalue weighted by Gasteiger charge is 2.17. The van der Waals surface area contributed by atoms with E-state index in [1.54, 1.807) is 0 Å². The van der Waals surface area contributed by atoms with Crippen molar-refractivity contribution in [1.82, 2.24) is 15.8 Å². The molecule has 0 spiro atoms. The first kappa shape index (κ1) is 15.9. The molecule has 1 saturated heterocycles. The van der Waals surface area contributed by atoms with Gasteiger partial charge in [-0.05, 0) is 13.8 Å². The van der Waals surface area contributed by atoms with Gasteiger partial charge in [-0.2, -0.15) is 0 Å². The molecule has 0 aromatic carbocycles. The molecule has 1 amide bonds. The van der Waals surface area contributed by atoms with E-state index in [4.69, 9.17) is 9.26 Å². The zero-order valence-corrected chi connectivity index (χ0v) is 12.0. The van der Waals surface area contributed by atoms with Crippen LogP contribution in [0.15, 0.2) is 4.52 Å². The summed E-state index contributed by atoms with van der Waals surface area (Å²) in [5, 5.41) is 9.91. The molecule has 0 bridgehead atoms. The molecule has 7 heteroatoms. The number of aromatic nitrogens is 1. The summed E-state index contributed by atoms with van der Waals surface area (Å²) >= 11 is 0. The number of morpholine rings is 1. The number of carbonyl (C=O) groups is 1. The Balaban J connectivity index is 0.00000180. The second kappa shape index (κ2) is 7.47. The fourth-order valence-corrected chi connectivity index (χ4v) is 1.97. The predicted octanol–water partition coefficient (Wildman–Crippen LogP) is 0.708. The van der Waals surface area contributed by atoms with Gasteiger partial charge in [-0.25, -0.2) is 0 Å². The van der Waals surface area contributed by atoms with Crippen LogP contribution in [0.1, 0.15) is 23.4 Å². The monoisotopic (exact) mass is 289 g/mol. The third kappa shape index (κ3) is 4.49.